The molecule has 3 fully saturated rings. The lowest BCUT2D eigenvalue weighted by Crippen LogP contribution is -2.50. The summed E-state index contributed by atoms with van der Waals surface area (Å²) in [6.45, 7) is 0.702. The Morgan fingerprint density at radius 2 is 1.70 bits per heavy atom. The van der Waals surface area contributed by atoms with Crippen molar-refractivity contribution in [2.75, 3.05) is 22.4 Å². The van der Waals surface area contributed by atoms with Crippen LogP contribution in [0, 0.1) is 17.7 Å². The molecule has 2 aromatic carbocycles. The van der Waals surface area contributed by atoms with Crippen molar-refractivity contribution in [3.63, 3.8) is 0 Å². The molecule has 1 N–H and O–H groups in total. The van der Waals surface area contributed by atoms with Crippen molar-refractivity contribution in [2.24, 2.45) is 11.8 Å². The maximum atomic E-state index is 14.1. The number of sulfonamides is 1. The van der Waals surface area contributed by atoms with E-state index >= 15 is 0 Å². The van der Waals surface area contributed by atoms with Crippen LogP contribution in [0.3, 0.4) is 0 Å². The summed E-state index contributed by atoms with van der Waals surface area (Å²) >= 11 is 1.92. The Balaban J connectivity index is 1.39. The van der Waals surface area contributed by atoms with Gasteiger partial charge in [-0.15, -0.1) is 0 Å². The topological polar surface area (TPSA) is 66.5 Å². The minimum absolute atomic E-state index is 0.0727. The van der Waals surface area contributed by atoms with Gasteiger partial charge in [0.25, 0.3) is 15.9 Å². The van der Waals surface area contributed by atoms with Gasteiger partial charge in [-0.1, -0.05) is 19.3 Å². The van der Waals surface area contributed by atoms with Crippen molar-refractivity contribution in [2.45, 2.75) is 74.1 Å². The third-order valence-corrected chi connectivity index (χ3v) is 11.7. The predicted octanol–water partition coefficient (Wildman–Crippen LogP) is 5.89. The number of benzene rings is 2. The lowest BCUT2D eigenvalue weighted by molar-refractivity contribution is 0.0943. The van der Waals surface area contributed by atoms with Gasteiger partial charge < -0.3 is 5.32 Å². The quantitative estimate of drug-likeness (QED) is 0.495. The zero-order chi connectivity index (χ0) is 25.6. The molecule has 6 rings (SSSR count). The molecule has 0 bridgehead atoms. The fourth-order valence-electron chi connectivity index (χ4n) is 6.89. The van der Waals surface area contributed by atoms with E-state index in [2.05, 4.69) is 5.32 Å². The zero-order valence-corrected chi connectivity index (χ0v) is 22.8. The second-order valence-corrected chi connectivity index (χ2v) is 14.3. The molecule has 1 saturated heterocycles. The first kappa shape index (κ1) is 25.2. The van der Waals surface area contributed by atoms with Crippen LogP contribution in [0.15, 0.2) is 47.4 Å². The lowest BCUT2D eigenvalue weighted by atomic mass is 9.70. The second-order valence-electron chi connectivity index (χ2n) is 11.3. The number of carbonyl (C=O) groups is 1. The van der Waals surface area contributed by atoms with Crippen LogP contribution in [0.5, 0.6) is 0 Å². The van der Waals surface area contributed by atoms with Crippen LogP contribution in [0.2, 0.25) is 0 Å². The standard InChI is InChI=1S/C29H35FN2O3S2/c30-23-9-11-24(12-10-23)37(34,35)32-26-13-8-22(28(33)31-19-20-4-2-1-3-5-20)18-25(26)29(14-16-36-17-15-29)27(32)21-6-7-21/h8-13,18,20-21,27H,1-7,14-17,19H2,(H,31,33). The van der Waals surface area contributed by atoms with Gasteiger partial charge in [0.2, 0.25) is 0 Å². The summed E-state index contributed by atoms with van der Waals surface area (Å²) in [4.78, 5) is 13.3. The van der Waals surface area contributed by atoms with E-state index in [0.717, 1.165) is 42.8 Å². The van der Waals surface area contributed by atoms with Crippen LogP contribution in [0.1, 0.15) is 73.7 Å². The zero-order valence-electron chi connectivity index (χ0n) is 21.1. The van der Waals surface area contributed by atoms with Crippen molar-refractivity contribution in [3.8, 4) is 0 Å². The Bertz CT molecular complexity index is 1260. The van der Waals surface area contributed by atoms with Crippen molar-refractivity contribution in [1.82, 2.24) is 5.32 Å². The summed E-state index contributed by atoms with van der Waals surface area (Å²) < 4.78 is 43.5. The molecule has 1 amide bonds. The molecular weight excluding hydrogens is 507 g/mol. The first-order chi connectivity index (χ1) is 17.9. The van der Waals surface area contributed by atoms with E-state index in [0.29, 0.717) is 29.6 Å². The number of halogens is 1. The summed E-state index contributed by atoms with van der Waals surface area (Å²) in [5, 5.41) is 3.16. The average Bonchev–Trinajstić information content (AvgIpc) is 3.72. The molecule has 2 aromatic rings. The molecule has 4 aliphatic rings. The van der Waals surface area contributed by atoms with Crippen molar-refractivity contribution in [1.29, 1.82) is 0 Å². The molecule has 1 unspecified atom stereocenters. The van der Waals surface area contributed by atoms with E-state index in [9.17, 15) is 17.6 Å². The van der Waals surface area contributed by atoms with Crippen LogP contribution < -0.4 is 9.62 Å². The normalized spacial score (nSPS) is 23.7. The monoisotopic (exact) mass is 542 g/mol. The molecule has 0 aromatic heterocycles. The molecule has 5 nitrogen and oxygen atoms in total. The van der Waals surface area contributed by atoms with Crippen molar-refractivity contribution >= 4 is 33.4 Å². The van der Waals surface area contributed by atoms with Crippen molar-refractivity contribution < 1.29 is 17.6 Å². The fourth-order valence-corrected chi connectivity index (χ4v) is 9.91. The fraction of sp³-hybridized carbons (Fsp3) is 0.552. The molecule has 37 heavy (non-hydrogen) atoms. The molecular formula is C29H35FN2O3S2. The second kappa shape index (κ2) is 9.92. The van der Waals surface area contributed by atoms with Gasteiger partial charge in [0.05, 0.1) is 16.6 Å². The van der Waals surface area contributed by atoms with Gasteiger partial charge in [0.1, 0.15) is 5.82 Å². The summed E-state index contributed by atoms with van der Waals surface area (Å²) in [5.74, 6) is 2.27. The number of hydrogen-bond acceptors (Lipinski definition) is 4. The van der Waals surface area contributed by atoms with Gasteiger partial charge >= 0.3 is 0 Å². The molecule has 198 valence electrons. The van der Waals surface area contributed by atoms with Gasteiger partial charge in [-0.05, 0) is 110 Å². The third kappa shape index (κ3) is 4.58. The Labute approximate surface area is 223 Å². The predicted molar refractivity (Wildman–Crippen MR) is 146 cm³/mol. The smallest absolute Gasteiger partial charge is 0.264 e. The minimum Gasteiger partial charge on any atom is -0.352 e. The van der Waals surface area contributed by atoms with E-state index < -0.39 is 15.8 Å². The van der Waals surface area contributed by atoms with Crippen LogP contribution in [-0.2, 0) is 15.4 Å². The van der Waals surface area contributed by atoms with Gasteiger partial charge in [-0.25, -0.2) is 12.8 Å². The third-order valence-electron chi connectivity index (χ3n) is 8.95. The molecule has 2 saturated carbocycles. The molecule has 8 heteroatoms. The lowest BCUT2D eigenvalue weighted by Gasteiger charge is -2.41. The van der Waals surface area contributed by atoms with Crippen LogP contribution in [0.25, 0.3) is 0 Å². The molecule has 0 radical (unpaired) electrons. The van der Waals surface area contributed by atoms with E-state index in [1.807, 2.05) is 23.9 Å². The largest absolute Gasteiger partial charge is 0.352 e. The number of hydrogen-bond donors (Lipinski definition) is 1. The van der Waals surface area contributed by atoms with E-state index in [1.54, 1.807) is 10.4 Å². The van der Waals surface area contributed by atoms with Crippen LogP contribution in [0.4, 0.5) is 10.1 Å². The van der Waals surface area contributed by atoms with E-state index in [4.69, 9.17) is 0 Å². The Kier molecular flexibility index (Phi) is 6.76. The van der Waals surface area contributed by atoms with E-state index in [-0.39, 0.29) is 22.3 Å². The highest BCUT2D eigenvalue weighted by Gasteiger charge is 2.59. The molecule has 2 aliphatic heterocycles. The number of fused-ring (bicyclic) bond motifs is 2. The van der Waals surface area contributed by atoms with Gasteiger partial charge in [-0.2, -0.15) is 11.8 Å². The highest BCUT2D eigenvalue weighted by atomic mass is 32.2. The summed E-state index contributed by atoms with van der Waals surface area (Å²) in [6.07, 6.45) is 9.92. The molecule has 2 heterocycles. The summed E-state index contributed by atoms with van der Waals surface area (Å²) in [5.41, 5.74) is 2.01. The maximum absolute atomic E-state index is 14.1. The molecule has 2 aliphatic carbocycles. The summed E-state index contributed by atoms with van der Waals surface area (Å²) in [7, 11) is -3.90. The van der Waals surface area contributed by atoms with E-state index in [1.165, 1.54) is 56.4 Å². The van der Waals surface area contributed by atoms with Crippen LogP contribution in [-0.4, -0.2) is 38.4 Å². The summed E-state index contributed by atoms with van der Waals surface area (Å²) in [6, 6.07) is 10.6. The number of anilines is 1. The molecule has 1 atom stereocenters. The maximum Gasteiger partial charge on any atom is 0.264 e. The number of rotatable bonds is 6. The average molecular weight is 543 g/mol. The molecule has 1 spiro atoms. The number of thioether (sulfide) groups is 1. The SMILES string of the molecule is O=C(NCC1CCCCC1)c1ccc2c(c1)C1(CCSCC1)C(C1CC1)N2S(=O)(=O)c1ccc(F)cc1. The Morgan fingerprint density at radius 1 is 1.00 bits per heavy atom. The first-order valence-electron chi connectivity index (χ1n) is 13.7. The van der Waals surface area contributed by atoms with Gasteiger partial charge in [0, 0.05) is 17.5 Å². The van der Waals surface area contributed by atoms with Gasteiger partial charge in [0.15, 0.2) is 0 Å². The van der Waals surface area contributed by atoms with Crippen molar-refractivity contribution in [3.05, 3.63) is 59.4 Å². The number of nitrogens with one attached hydrogen (secondary N) is 1. The first-order valence-corrected chi connectivity index (χ1v) is 16.3. The Hall–Kier alpha value is -2.06. The highest BCUT2D eigenvalue weighted by molar-refractivity contribution is 7.99. The highest BCUT2D eigenvalue weighted by Crippen LogP contribution is 2.59. The van der Waals surface area contributed by atoms with Gasteiger partial charge in [-0.3, -0.25) is 9.10 Å². The minimum atomic E-state index is -3.90. The Morgan fingerprint density at radius 3 is 2.38 bits per heavy atom. The van der Waals surface area contributed by atoms with Crippen LogP contribution >= 0.6 is 11.8 Å². The number of nitrogens with zero attached hydrogens (tertiary/aromatic N) is 1. The number of amides is 1. The number of carbonyl (C=O) groups excluding carboxylic acids is 1.